The van der Waals surface area contributed by atoms with Crippen molar-refractivity contribution in [2.24, 2.45) is 0 Å². The van der Waals surface area contributed by atoms with Gasteiger partial charge in [0.25, 0.3) is 0 Å². The number of hydrogen-bond donors (Lipinski definition) is 0. The van der Waals surface area contributed by atoms with Crippen LogP contribution in [-0.2, 0) is 5.41 Å². The maximum atomic E-state index is 5.88. The Kier molecular flexibility index (Phi) is 5.54. The number of hydrogen-bond acceptors (Lipinski definition) is 2. The first-order chi connectivity index (χ1) is 14.5. The SMILES string of the molecule is [B]c1ccc(-c2cc(-c3ccc(C(C)(C)CC)cc3)nc(-c3ccccn3)c2)cc1. The molecule has 4 aromatic rings. The summed E-state index contributed by atoms with van der Waals surface area (Å²) < 4.78 is 0. The Bertz CT molecular complexity index is 1130. The van der Waals surface area contributed by atoms with E-state index in [1.807, 2.05) is 42.5 Å². The van der Waals surface area contributed by atoms with E-state index >= 15 is 0 Å². The molecule has 2 nitrogen and oxygen atoms in total. The standard InChI is InChI=1S/C27H25BN2/c1-4-27(2,3)22-12-8-20(9-13-22)25-17-21(19-10-14-23(28)15-11-19)18-26(30-25)24-7-5-6-16-29-24/h5-18H,4H2,1-3H3. The molecule has 0 saturated heterocycles. The van der Waals surface area contributed by atoms with Crippen LogP contribution in [0.3, 0.4) is 0 Å². The molecule has 0 amide bonds. The van der Waals surface area contributed by atoms with Gasteiger partial charge < -0.3 is 0 Å². The highest BCUT2D eigenvalue weighted by Crippen LogP contribution is 2.32. The molecule has 0 fully saturated rings. The Labute approximate surface area is 180 Å². The maximum Gasteiger partial charge on any atom is 0.113 e. The minimum atomic E-state index is 0.164. The van der Waals surface area contributed by atoms with Crippen molar-refractivity contribution in [1.29, 1.82) is 0 Å². The molecule has 146 valence electrons. The van der Waals surface area contributed by atoms with Gasteiger partial charge in [0.2, 0.25) is 0 Å². The first kappa shape index (κ1) is 20.1. The molecule has 2 aromatic carbocycles. The van der Waals surface area contributed by atoms with Gasteiger partial charge in [-0.05, 0) is 52.8 Å². The van der Waals surface area contributed by atoms with Gasteiger partial charge in [0.1, 0.15) is 7.85 Å². The zero-order chi connectivity index (χ0) is 21.1. The smallest absolute Gasteiger partial charge is 0.113 e. The highest BCUT2D eigenvalue weighted by molar-refractivity contribution is 6.32. The molecule has 0 aliphatic rings. The Balaban J connectivity index is 1.83. The van der Waals surface area contributed by atoms with Gasteiger partial charge in [0.15, 0.2) is 0 Å². The molecule has 0 atom stereocenters. The molecule has 4 rings (SSSR count). The minimum Gasteiger partial charge on any atom is -0.255 e. The predicted octanol–water partition coefficient (Wildman–Crippen LogP) is 5.96. The van der Waals surface area contributed by atoms with Crippen LogP contribution in [0, 0.1) is 0 Å². The van der Waals surface area contributed by atoms with Gasteiger partial charge >= 0.3 is 0 Å². The molecule has 2 radical (unpaired) electrons. The normalized spacial score (nSPS) is 11.4. The lowest BCUT2D eigenvalue weighted by molar-refractivity contribution is 0.506. The topological polar surface area (TPSA) is 25.8 Å². The number of pyridine rings is 2. The number of benzene rings is 2. The van der Waals surface area contributed by atoms with Crippen molar-refractivity contribution in [3.05, 3.63) is 90.6 Å². The Morgan fingerprint density at radius 2 is 1.40 bits per heavy atom. The summed E-state index contributed by atoms with van der Waals surface area (Å²) in [6, 6.07) is 26.9. The van der Waals surface area contributed by atoms with Crippen LogP contribution in [0.1, 0.15) is 32.8 Å². The summed E-state index contributed by atoms with van der Waals surface area (Å²) >= 11 is 0. The molecule has 2 heterocycles. The van der Waals surface area contributed by atoms with Crippen LogP contribution < -0.4 is 5.46 Å². The summed E-state index contributed by atoms with van der Waals surface area (Å²) in [5.41, 5.74) is 8.22. The van der Waals surface area contributed by atoms with Crippen molar-refractivity contribution < 1.29 is 0 Å². The van der Waals surface area contributed by atoms with E-state index in [4.69, 9.17) is 12.8 Å². The molecule has 0 spiro atoms. The third kappa shape index (κ3) is 4.21. The molecule has 30 heavy (non-hydrogen) atoms. The minimum absolute atomic E-state index is 0.164. The van der Waals surface area contributed by atoms with Crippen LogP contribution in [0.2, 0.25) is 0 Å². The molecule has 0 aliphatic heterocycles. The van der Waals surface area contributed by atoms with Crippen molar-refractivity contribution >= 4 is 13.3 Å². The van der Waals surface area contributed by atoms with E-state index in [2.05, 4.69) is 62.2 Å². The highest BCUT2D eigenvalue weighted by Gasteiger charge is 2.18. The van der Waals surface area contributed by atoms with Crippen LogP contribution in [-0.4, -0.2) is 17.8 Å². The van der Waals surface area contributed by atoms with Gasteiger partial charge in [-0.2, -0.15) is 0 Å². The van der Waals surface area contributed by atoms with E-state index in [-0.39, 0.29) is 5.41 Å². The Morgan fingerprint density at radius 3 is 2.03 bits per heavy atom. The third-order valence-electron chi connectivity index (χ3n) is 5.84. The van der Waals surface area contributed by atoms with Crippen molar-refractivity contribution in [2.75, 3.05) is 0 Å². The zero-order valence-electron chi connectivity index (χ0n) is 17.8. The average Bonchev–Trinajstić information content (AvgIpc) is 2.80. The monoisotopic (exact) mass is 388 g/mol. The van der Waals surface area contributed by atoms with Crippen LogP contribution in [0.5, 0.6) is 0 Å². The number of aromatic nitrogens is 2. The van der Waals surface area contributed by atoms with Crippen LogP contribution in [0.15, 0.2) is 85.1 Å². The first-order valence-electron chi connectivity index (χ1n) is 10.4. The summed E-state index contributed by atoms with van der Waals surface area (Å²) in [4.78, 5) is 9.45. The van der Waals surface area contributed by atoms with Gasteiger partial charge in [-0.25, -0.2) is 4.98 Å². The second-order valence-electron chi connectivity index (χ2n) is 8.28. The van der Waals surface area contributed by atoms with Crippen LogP contribution in [0.25, 0.3) is 33.8 Å². The van der Waals surface area contributed by atoms with Crippen LogP contribution in [0.4, 0.5) is 0 Å². The van der Waals surface area contributed by atoms with Gasteiger partial charge in [-0.3, -0.25) is 4.98 Å². The maximum absolute atomic E-state index is 5.88. The van der Waals surface area contributed by atoms with E-state index in [0.717, 1.165) is 45.7 Å². The summed E-state index contributed by atoms with van der Waals surface area (Å²) in [6.45, 7) is 6.78. The molecule has 0 bridgehead atoms. The van der Waals surface area contributed by atoms with Crippen molar-refractivity contribution in [3.63, 3.8) is 0 Å². The van der Waals surface area contributed by atoms with Gasteiger partial charge in [-0.15, -0.1) is 0 Å². The molecule has 0 unspecified atom stereocenters. The molecule has 0 saturated carbocycles. The molecule has 2 aromatic heterocycles. The average molecular weight is 388 g/mol. The van der Waals surface area contributed by atoms with E-state index in [9.17, 15) is 0 Å². The van der Waals surface area contributed by atoms with Gasteiger partial charge in [0.05, 0.1) is 17.1 Å². The second-order valence-corrected chi connectivity index (χ2v) is 8.28. The first-order valence-corrected chi connectivity index (χ1v) is 10.4. The van der Waals surface area contributed by atoms with E-state index in [0.29, 0.717) is 0 Å². The third-order valence-corrected chi connectivity index (χ3v) is 5.84. The van der Waals surface area contributed by atoms with E-state index in [1.54, 1.807) is 6.20 Å². The fourth-order valence-electron chi connectivity index (χ4n) is 3.46. The van der Waals surface area contributed by atoms with E-state index < -0.39 is 0 Å². The molecular formula is C27H25BN2. The fraction of sp³-hybridized carbons (Fsp3) is 0.185. The fourth-order valence-corrected chi connectivity index (χ4v) is 3.46. The largest absolute Gasteiger partial charge is 0.255 e. The van der Waals surface area contributed by atoms with Crippen molar-refractivity contribution in [3.8, 4) is 33.8 Å². The lowest BCUT2D eigenvalue weighted by Crippen LogP contribution is -2.14. The van der Waals surface area contributed by atoms with Gasteiger partial charge in [-0.1, -0.05) is 80.8 Å². The molecule has 3 heteroatoms. The quantitative estimate of drug-likeness (QED) is 0.394. The van der Waals surface area contributed by atoms with Crippen LogP contribution >= 0.6 is 0 Å². The lowest BCUT2D eigenvalue weighted by atomic mass is 9.82. The van der Waals surface area contributed by atoms with Gasteiger partial charge in [0, 0.05) is 11.8 Å². The Hall–Kier alpha value is -3.20. The van der Waals surface area contributed by atoms with E-state index in [1.165, 1.54) is 5.56 Å². The molecule has 0 aliphatic carbocycles. The summed E-state index contributed by atoms with van der Waals surface area (Å²) in [6.07, 6.45) is 2.90. The number of rotatable bonds is 5. The Morgan fingerprint density at radius 1 is 0.733 bits per heavy atom. The summed E-state index contributed by atoms with van der Waals surface area (Å²) in [5, 5.41) is 0. The zero-order valence-corrected chi connectivity index (χ0v) is 17.8. The number of nitrogens with zero attached hydrogens (tertiary/aromatic N) is 2. The molecular weight excluding hydrogens is 363 g/mol. The van der Waals surface area contributed by atoms with Crippen molar-refractivity contribution in [1.82, 2.24) is 9.97 Å². The molecule has 0 N–H and O–H groups in total. The predicted molar refractivity (Wildman–Crippen MR) is 127 cm³/mol. The second kappa shape index (κ2) is 8.27. The summed E-state index contributed by atoms with van der Waals surface area (Å²) in [7, 11) is 5.88. The highest BCUT2D eigenvalue weighted by atomic mass is 14.8. The summed E-state index contributed by atoms with van der Waals surface area (Å²) in [5.74, 6) is 0. The lowest BCUT2D eigenvalue weighted by Gasteiger charge is -2.23. The van der Waals surface area contributed by atoms with Crippen molar-refractivity contribution in [2.45, 2.75) is 32.6 Å².